The summed E-state index contributed by atoms with van der Waals surface area (Å²) in [4.78, 5) is 49.1. The Morgan fingerprint density at radius 1 is 0.868 bits per heavy atom. The van der Waals surface area contributed by atoms with Crippen molar-refractivity contribution >= 4 is 28.4 Å². The third-order valence-electron chi connectivity index (χ3n) is 8.68. The van der Waals surface area contributed by atoms with Crippen LogP contribution in [-0.4, -0.2) is 27.4 Å². The van der Waals surface area contributed by atoms with E-state index in [1.54, 1.807) is 10.6 Å². The molecule has 3 aliphatic rings. The number of benzene rings is 3. The van der Waals surface area contributed by atoms with Crippen LogP contribution in [0.3, 0.4) is 0 Å². The molecule has 2 amide bonds. The lowest BCUT2D eigenvalue weighted by molar-refractivity contribution is -0.123. The zero-order chi connectivity index (χ0) is 26.5. The van der Waals surface area contributed by atoms with E-state index in [0.717, 1.165) is 16.7 Å². The maximum Gasteiger partial charge on any atom is 0.266 e. The van der Waals surface area contributed by atoms with Crippen molar-refractivity contribution < 1.29 is 9.59 Å². The van der Waals surface area contributed by atoms with Gasteiger partial charge in [-0.2, -0.15) is 0 Å². The smallest absolute Gasteiger partial charge is 0.266 e. The van der Waals surface area contributed by atoms with Crippen molar-refractivity contribution in [3.63, 3.8) is 0 Å². The third kappa shape index (κ3) is 2.67. The van der Waals surface area contributed by atoms with E-state index in [9.17, 15) is 14.4 Å². The molecule has 7 heteroatoms. The van der Waals surface area contributed by atoms with Crippen molar-refractivity contribution in [1.82, 2.24) is 14.9 Å². The first-order valence-corrected chi connectivity index (χ1v) is 13.1. The van der Waals surface area contributed by atoms with Crippen molar-refractivity contribution in [3.8, 4) is 5.69 Å². The molecule has 190 valence electrons. The molecule has 0 radical (unpaired) electrons. The predicted octanol–water partition coefficient (Wildman–Crippen LogP) is 3.99. The van der Waals surface area contributed by atoms with Gasteiger partial charge in [0.2, 0.25) is 11.8 Å². The summed E-state index contributed by atoms with van der Waals surface area (Å²) >= 11 is 0. The van der Waals surface area contributed by atoms with Crippen LogP contribution < -0.4 is 15.8 Å². The first kappa shape index (κ1) is 23.0. The topological polar surface area (TPSA) is 84.3 Å². The molecule has 7 rings (SSSR count). The summed E-state index contributed by atoms with van der Waals surface area (Å²) in [6, 6.07) is 20.5. The van der Waals surface area contributed by atoms with E-state index in [-0.39, 0.29) is 29.3 Å². The van der Waals surface area contributed by atoms with Gasteiger partial charge in [0.1, 0.15) is 11.4 Å². The molecule has 2 unspecified atom stereocenters. The van der Waals surface area contributed by atoms with E-state index < -0.39 is 17.4 Å². The van der Waals surface area contributed by atoms with Crippen LogP contribution in [0.25, 0.3) is 16.6 Å². The van der Waals surface area contributed by atoms with Crippen molar-refractivity contribution in [3.05, 3.63) is 99.6 Å². The summed E-state index contributed by atoms with van der Waals surface area (Å²) in [6.07, 6.45) is 0. The monoisotopic (exact) mass is 504 g/mol. The second-order valence-corrected chi connectivity index (χ2v) is 11.1. The summed E-state index contributed by atoms with van der Waals surface area (Å²) in [7, 11) is 0. The molecule has 0 aliphatic carbocycles. The number of nitrogens with zero attached hydrogens (tertiary/aromatic N) is 3. The standard InChI is InChI=1S/C31H28N4O3/c1-16(2)25-23-24(29(38)35(28(23)37)26-17(3)10-9-11-18(26)4)31(33-25)20-13-6-8-15-22(20)34-27(36)19-12-5-7-14-21(19)32-30(31)34/h5-16,23-25,33H,1-4H3/t23-,24-,25?,31?/m1/s1. The molecule has 38 heavy (non-hydrogen) atoms. The Balaban J connectivity index is 1.55. The number of carbonyl (C=O) groups is 2. The second kappa shape index (κ2) is 7.71. The van der Waals surface area contributed by atoms with E-state index >= 15 is 0 Å². The molecule has 0 saturated carbocycles. The maximum atomic E-state index is 14.5. The molecule has 3 aromatic carbocycles. The Kier molecular flexibility index (Phi) is 4.68. The number of hydrogen-bond donors (Lipinski definition) is 1. The number of amides is 2. The van der Waals surface area contributed by atoms with Crippen molar-refractivity contribution in [1.29, 1.82) is 0 Å². The zero-order valence-corrected chi connectivity index (χ0v) is 21.7. The number of carbonyl (C=O) groups excluding carboxylic acids is 2. The minimum atomic E-state index is -1.11. The van der Waals surface area contributed by atoms with Gasteiger partial charge in [-0.3, -0.25) is 24.3 Å². The highest BCUT2D eigenvalue weighted by Crippen LogP contribution is 2.56. The fourth-order valence-corrected chi connectivity index (χ4v) is 7.10. The SMILES string of the molecule is Cc1cccc(C)c1N1C(=O)[C@H]2C(C(C)C)NC3(c4ccccc4-n4c3nc3ccccc3c4=O)[C@H]2C1=O. The van der Waals surface area contributed by atoms with Gasteiger partial charge in [-0.1, -0.05) is 62.4 Å². The normalized spacial score (nSPS) is 25.5. The van der Waals surface area contributed by atoms with Gasteiger partial charge in [-0.15, -0.1) is 0 Å². The van der Waals surface area contributed by atoms with Gasteiger partial charge in [-0.25, -0.2) is 9.88 Å². The fraction of sp³-hybridized carbons (Fsp3) is 0.290. The zero-order valence-electron chi connectivity index (χ0n) is 21.7. The van der Waals surface area contributed by atoms with Gasteiger partial charge in [-0.05, 0) is 49.1 Å². The van der Waals surface area contributed by atoms with Gasteiger partial charge in [0.15, 0.2) is 0 Å². The average Bonchev–Trinajstić information content (AvgIpc) is 3.49. The van der Waals surface area contributed by atoms with E-state index in [2.05, 4.69) is 19.2 Å². The van der Waals surface area contributed by atoms with Crippen LogP contribution >= 0.6 is 0 Å². The number of nitrogens with one attached hydrogen (secondary N) is 1. The Bertz CT molecular complexity index is 1740. The van der Waals surface area contributed by atoms with E-state index in [0.29, 0.717) is 28.1 Å². The number of rotatable bonds is 2. The average molecular weight is 505 g/mol. The number of aryl methyl sites for hydroxylation is 2. The second-order valence-electron chi connectivity index (χ2n) is 11.1. The highest BCUT2D eigenvalue weighted by molar-refractivity contribution is 6.24. The molecule has 0 bridgehead atoms. The van der Waals surface area contributed by atoms with Crippen LogP contribution in [-0.2, 0) is 15.1 Å². The van der Waals surface area contributed by atoms with Crippen molar-refractivity contribution in [2.75, 3.05) is 4.90 Å². The molecule has 4 atom stereocenters. The first-order valence-electron chi connectivity index (χ1n) is 13.1. The van der Waals surface area contributed by atoms with Crippen LogP contribution in [0, 0.1) is 31.6 Å². The number of hydrogen-bond acceptors (Lipinski definition) is 5. The lowest BCUT2D eigenvalue weighted by Crippen LogP contribution is -2.51. The van der Waals surface area contributed by atoms with Crippen LogP contribution in [0.5, 0.6) is 0 Å². The van der Waals surface area contributed by atoms with Crippen molar-refractivity contribution in [2.45, 2.75) is 39.3 Å². The number of imide groups is 1. The van der Waals surface area contributed by atoms with Crippen molar-refractivity contribution in [2.24, 2.45) is 17.8 Å². The maximum absolute atomic E-state index is 14.5. The Hall–Kier alpha value is -4.10. The summed E-state index contributed by atoms with van der Waals surface area (Å²) in [6.45, 7) is 7.99. The van der Waals surface area contributed by atoms with E-state index in [1.807, 2.05) is 74.5 Å². The molecule has 7 nitrogen and oxygen atoms in total. The number of aromatic nitrogens is 2. The molecule has 1 N–H and O–H groups in total. The van der Waals surface area contributed by atoms with Gasteiger partial charge >= 0.3 is 0 Å². The summed E-state index contributed by atoms with van der Waals surface area (Å²) < 4.78 is 1.64. The molecule has 1 aromatic heterocycles. The lowest BCUT2D eigenvalue weighted by Gasteiger charge is -2.32. The summed E-state index contributed by atoms with van der Waals surface area (Å²) in [5.74, 6) is -1.25. The molecule has 2 fully saturated rings. The highest BCUT2D eigenvalue weighted by atomic mass is 16.2. The molecular weight excluding hydrogens is 476 g/mol. The number of para-hydroxylation sites is 3. The molecule has 3 aliphatic heterocycles. The van der Waals surface area contributed by atoms with Gasteiger partial charge in [0.05, 0.1) is 34.1 Å². The first-order chi connectivity index (χ1) is 18.3. The minimum Gasteiger partial charge on any atom is -0.296 e. The molecular formula is C31H28N4O3. The van der Waals surface area contributed by atoms with Gasteiger partial charge in [0, 0.05) is 11.6 Å². The Morgan fingerprint density at radius 2 is 1.55 bits per heavy atom. The predicted molar refractivity (Wildman–Crippen MR) is 145 cm³/mol. The Morgan fingerprint density at radius 3 is 2.29 bits per heavy atom. The number of anilines is 1. The molecule has 4 heterocycles. The molecule has 2 saturated heterocycles. The van der Waals surface area contributed by atoms with Gasteiger partial charge in [0.25, 0.3) is 5.56 Å². The van der Waals surface area contributed by atoms with Crippen LogP contribution in [0.1, 0.15) is 36.4 Å². The molecule has 1 spiro atoms. The van der Waals surface area contributed by atoms with E-state index in [1.165, 1.54) is 4.90 Å². The quantitative estimate of drug-likeness (QED) is 0.418. The van der Waals surface area contributed by atoms with Gasteiger partial charge < -0.3 is 0 Å². The third-order valence-corrected chi connectivity index (χ3v) is 8.68. The minimum absolute atomic E-state index is 0.0601. The molecule has 4 aromatic rings. The fourth-order valence-electron chi connectivity index (χ4n) is 7.10. The number of fused-ring (bicyclic) bond motifs is 8. The Labute approximate surface area is 220 Å². The van der Waals surface area contributed by atoms with E-state index in [4.69, 9.17) is 4.98 Å². The highest BCUT2D eigenvalue weighted by Gasteiger charge is 2.70. The van der Waals surface area contributed by atoms with Crippen LogP contribution in [0.15, 0.2) is 71.5 Å². The largest absolute Gasteiger partial charge is 0.296 e. The lowest BCUT2D eigenvalue weighted by atomic mass is 9.75. The van der Waals surface area contributed by atoms with Crippen LogP contribution in [0.2, 0.25) is 0 Å². The summed E-state index contributed by atoms with van der Waals surface area (Å²) in [5.41, 5.74) is 3.21. The van der Waals surface area contributed by atoms with Crippen LogP contribution in [0.4, 0.5) is 5.69 Å². The summed E-state index contributed by atoms with van der Waals surface area (Å²) in [5, 5.41) is 4.26.